The van der Waals surface area contributed by atoms with E-state index in [1.54, 1.807) is 0 Å². The molecule has 20 heavy (non-hydrogen) atoms. The van der Waals surface area contributed by atoms with Gasteiger partial charge in [0.05, 0.1) is 12.2 Å². The molecular weight excluding hydrogens is 292 g/mol. The molecular formula is C14H17ClN4S. The van der Waals surface area contributed by atoms with Gasteiger partial charge in [0.25, 0.3) is 0 Å². The smallest absolute Gasteiger partial charge is 0.159 e. The summed E-state index contributed by atoms with van der Waals surface area (Å²) in [5, 5.41) is 4.46. The number of nitrogens with zero attached hydrogens (tertiary/aromatic N) is 4. The summed E-state index contributed by atoms with van der Waals surface area (Å²) in [6.07, 6.45) is 0.778. The van der Waals surface area contributed by atoms with Crippen LogP contribution in [-0.2, 0) is 20.0 Å². The van der Waals surface area contributed by atoms with Crippen molar-refractivity contribution in [2.45, 2.75) is 26.8 Å². The zero-order valence-electron chi connectivity index (χ0n) is 11.9. The second-order valence-electron chi connectivity index (χ2n) is 4.95. The zero-order chi connectivity index (χ0) is 14.3. The predicted octanol–water partition coefficient (Wildman–Crippen LogP) is 3.28. The molecule has 0 aliphatic rings. The molecule has 0 saturated carbocycles. The minimum absolute atomic E-state index is 0.583. The van der Waals surface area contributed by atoms with Crippen molar-refractivity contribution >= 4 is 34.1 Å². The number of rotatable bonds is 4. The molecule has 0 fully saturated rings. The van der Waals surface area contributed by atoms with Crippen LogP contribution in [0.1, 0.15) is 21.3 Å². The van der Waals surface area contributed by atoms with E-state index in [-0.39, 0.29) is 0 Å². The summed E-state index contributed by atoms with van der Waals surface area (Å²) < 4.78 is 4.15. The van der Waals surface area contributed by atoms with Crippen molar-refractivity contribution in [2.24, 2.45) is 7.05 Å². The highest BCUT2D eigenvalue weighted by Gasteiger charge is 2.17. The number of aryl methyl sites for hydroxylation is 4. The summed E-state index contributed by atoms with van der Waals surface area (Å²) in [4.78, 5) is 7.39. The van der Waals surface area contributed by atoms with Gasteiger partial charge >= 0.3 is 0 Å². The number of halogens is 1. The Kier molecular flexibility index (Phi) is 3.56. The Morgan fingerprint density at radius 2 is 2.10 bits per heavy atom. The van der Waals surface area contributed by atoms with Crippen molar-refractivity contribution in [2.75, 3.05) is 5.88 Å². The highest BCUT2D eigenvalue weighted by molar-refractivity contribution is 7.11. The molecule has 0 spiro atoms. The monoisotopic (exact) mass is 308 g/mol. The number of thiophene rings is 1. The highest BCUT2D eigenvalue weighted by atomic mass is 35.5. The van der Waals surface area contributed by atoms with Gasteiger partial charge in [-0.15, -0.1) is 22.9 Å². The van der Waals surface area contributed by atoms with Crippen LogP contribution in [0.4, 0.5) is 0 Å². The van der Waals surface area contributed by atoms with E-state index in [0.717, 1.165) is 35.6 Å². The highest BCUT2D eigenvalue weighted by Crippen LogP contribution is 2.23. The third-order valence-electron chi connectivity index (χ3n) is 3.40. The van der Waals surface area contributed by atoms with Crippen LogP contribution < -0.4 is 0 Å². The molecule has 3 aromatic heterocycles. The Morgan fingerprint density at radius 3 is 2.75 bits per heavy atom. The maximum Gasteiger partial charge on any atom is 0.159 e. The summed E-state index contributed by atoms with van der Waals surface area (Å²) >= 11 is 7.74. The van der Waals surface area contributed by atoms with Crippen LogP contribution in [0.15, 0.2) is 12.1 Å². The quantitative estimate of drug-likeness (QED) is 0.693. The van der Waals surface area contributed by atoms with Gasteiger partial charge in [-0.2, -0.15) is 5.10 Å². The van der Waals surface area contributed by atoms with E-state index in [1.807, 2.05) is 30.0 Å². The van der Waals surface area contributed by atoms with Gasteiger partial charge in [0.1, 0.15) is 11.3 Å². The molecule has 106 valence electrons. The largest absolute Gasteiger partial charge is 0.308 e. The lowest BCUT2D eigenvalue weighted by molar-refractivity contribution is 0.696. The Morgan fingerprint density at radius 1 is 1.30 bits per heavy atom. The summed E-state index contributed by atoms with van der Waals surface area (Å²) in [5.41, 5.74) is 3.04. The summed E-state index contributed by atoms with van der Waals surface area (Å²) in [6.45, 7) is 4.96. The maximum absolute atomic E-state index is 5.92. The Balaban J connectivity index is 2.12. The number of imidazole rings is 1. The fourth-order valence-corrected chi connectivity index (χ4v) is 3.60. The molecule has 0 atom stereocenters. The minimum Gasteiger partial charge on any atom is -0.308 e. The van der Waals surface area contributed by atoms with Crippen molar-refractivity contribution in [3.8, 4) is 0 Å². The first-order valence-corrected chi connectivity index (χ1v) is 7.95. The van der Waals surface area contributed by atoms with Gasteiger partial charge in [0.15, 0.2) is 5.65 Å². The third-order valence-corrected chi connectivity index (χ3v) is 4.57. The molecule has 0 aromatic carbocycles. The molecule has 0 aliphatic carbocycles. The number of hydrogen-bond acceptors (Lipinski definition) is 3. The summed E-state index contributed by atoms with van der Waals surface area (Å²) in [7, 11) is 1.97. The second-order valence-corrected chi connectivity index (χ2v) is 6.70. The van der Waals surface area contributed by atoms with Crippen LogP contribution in [-0.4, -0.2) is 25.2 Å². The first-order chi connectivity index (χ1) is 9.60. The maximum atomic E-state index is 5.92. The zero-order valence-corrected chi connectivity index (χ0v) is 13.4. The van der Waals surface area contributed by atoms with Gasteiger partial charge in [0, 0.05) is 29.1 Å². The van der Waals surface area contributed by atoms with E-state index < -0.39 is 0 Å². The molecule has 6 heteroatoms. The minimum atomic E-state index is 0.583. The van der Waals surface area contributed by atoms with Crippen molar-refractivity contribution in [3.63, 3.8) is 0 Å². The van der Waals surface area contributed by atoms with Crippen LogP contribution >= 0.6 is 22.9 Å². The van der Waals surface area contributed by atoms with Crippen molar-refractivity contribution in [1.82, 2.24) is 19.3 Å². The van der Waals surface area contributed by atoms with Crippen molar-refractivity contribution in [1.29, 1.82) is 0 Å². The molecule has 3 rings (SSSR count). The lowest BCUT2D eigenvalue weighted by atomic mass is 10.4. The lowest BCUT2D eigenvalue weighted by Crippen LogP contribution is -2.08. The predicted molar refractivity (Wildman–Crippen MR) is 83.8 cm³/mol. The Hall–Kier alpha value is -1.33. The van der Waals surface area contributed by atoms with E-state index in [9.17, 15) is 0 Å². The van der Waals surface area contributed by atoms with E-state index in [4.69, 9.17) is 16.6 Å². The summed E-state index contributed by atoms with van der Waals surface area (Å²) in [5.74, 6) is 1.62. The summed E-state index contributed by atoms with van der Waals surface area (Å²) in [6, 6.07) is 4.34. The molecule has 3 aromatic rings. The molecule has 0 bridgehead atoms. The van der Waals surface area contributed by atoms with Crippen LogP contribution in [0.5, 0.6) is 0 Å². The first kappa shape index (κ1) is 13.6. The number of aromatic nitrogens is 4. The third kappa shape index (κ3) is 2.25. The molecule has 3 heterocycles. The van der Waals surface area contributed by atoms with Crippen LogP contribution in [0.2, 0.25) is 0 Å². The van der Waals surface area contributed by atoms with Gasteiger partial charge in [-0.1, -0.05) is 0 Å². The fraction of sp³-hybridized carbons (Fsp3) is 0.429. The average molecular weight is 309 g/mol. The Bertz CT molecular complexity index is 753. The Labute approximate surface area is 127 Å². The van der Waals surface area contributed by atoms with Crippen molar-refractivity contribution in [3.05, 3.63) is 33.4 Å². The molecule has 0 amide bonds. The van der Waals surface area contributed by atoms with E-state index in [2.05, 4.69) is 28.7 Å². The topological polar surface area (TPSA) is 35.6 Å². The van der Waals surface area contributed by atoms with E-state index >= 15 is 0 Å². The van der Waals surface area contributed by atoms with Gasteiger partial charge in [-0.25, -0.2) is 4.98 Å². The van der Waals surface area contributed by atoms with E-state index in [1.165, 1.54) is 9.75 Å². The number of fused-ring (bicyclic) bond motifs is 1. The van der Waals surface area contributed by atoms with Crippen LogP contribution in [0.25, 0.3) is 11.2 Å². The molecule has 0 unspecified atom stereocenters. The average Bonchev–Trinajstić information content (AvgIpc) is 3.02. The molecule has 0 saturated heterocycles. The second kappa shape index (κ2) is 5.22. The van der Waals surface area contributed by atoms with Gasteiger partial charge in [-0.3, -0.25) is 4.68 Å². The molecule has 0 N–H and O–H groups in total. The lowest BCUT2D eigenvalue weighted by Gasteiger charge is -2.07. The van der Waals surface area contributed by atoms with Gasteiger partial charge < -0.3 is 4.57 Å². The molecule has 0 radical (unpaired) electrons. The van der Waals surface area contributed by atoms with Crippen LogP contribution in [0, 0.1) is 13.8 Å². The van der Waals surface area contributed by atoms with E-state index in [0.29, 0.717) is 5.88 Å². The fourth-order valence-electron chi connectivity index (χ4n) is 2.55. The van der Waals surface area contributed by atoms with Gasteiger partial charge in [0.2, 0.25) is 0 Å². The first-order valence-electron chi connectivity index (χ1n) is 6.60. The number of hydrogen-bond donors (Lipinski definition) is 0. The molecule has 4 nitrogen and oxygen atoms in total. The molecule has 0 aliphatic heterocycles. The van der Waals surface area contributed by atoms with Gasteiger partial charge in [-0.05, 0) is 26.0 Å². The normalized spacial score (nSPS) is 11.6. The van der Waals surface area contributed by atoms with Crippen LogP contribution in [0.3, 0.4) is 0 Å². The standard InChI is InChI=1S/C14H17ClN4S/c1-9-4-5-11(20-9)8-19-12(6-7-15)16-13-10(2)17-18(3)14(13)19/h4-5H,6-8H2,1-3H3. The number of alkyl halides is 1. The van der Waals surface area contributed by atoms with Crippen molar-refractivity contribution < 1.29 is 0 Å². The SMILES string of the molecule is Cc1ccc(Cn2c(CCCl)nc3c(C)nn(C)c32)s1.